The minimum Gasteiger partial charge on any atom is -0.465 e. The lowest BCUT2D eigenvalue weighted by Gasteiger charge is -2.29. The fourth-order valence-corrected chi connectivity index (χ4v) is 3.28. The van der Waals surface area contributed by atoms with Crippen molar-refractivity contribution in [3.63, 3.8) is 0 Å². The minimum absolute atomic E-state index is 0.260. The third-order valence-electron chi connectivity index (χ3n) is 1.82. The second-order valence-electron chi connectivity index (χ2n) is 5.00. The summed E-state index contributed by atoms with van der Waals surface area (Å²) >= 11 is 0. The first-order valence-electron chi connectivity index (χ1n) is 5.34. The maximum Gasteiger partial charge on any atom is 0.404 e. The fourth-order valence-electron chi connectivity index (χ4n) is 0.861. The van der Waals surface area contributed by atoms with E-state index in [4.69, 9.17) is 10.2 Å². The van der Waals surface area contributed by atoms with Crippen molar-refractivity contribution in [3.05, 3.63) is 0 Å². The molecule has 6 nitrogen and oxygen atoms in total. The maximum atomic E-state index is 10.4. The van der Waals surface area contributed by atoms with E-state index in [2.05, 4.69) is 10.6 Å². The third-order valence-corrected chi connectivity index (χ3v) is 6.06. The molecule has 0 spiro atoms. The lowest BCUT2D eigenvalue weighted by Crippen LogP contribution is -2.37. The van der Waals surface area contributed by atoms with Crippen LogP contribution in [0, 0.1) is 0 Å². The summed E-state index contributed by atoms with van der Waals surface area (Å²) < 4.78 is -0.521. The van der Waals surface area contributed by atoms with Crippen LogP contribution < -0.4 is 10.6 Å². The van der Waals surface area contributed by atoms with Crippen LogP contribution in [0.3, 0.4) is 0 Å². The Kier molecular flexibility index (Phi) is 6.69. The van der Waals surface area contributed by atoms with Crippen LogP contribution >= 0.6 is 21.6 Å². The first-order chi connectivity index (χ1) is 8.04. The number of carboxylic acid groups (broad SMARTS) is 2. The number of amides is 2. The van der Waals surface area contributed by atoms with E-state index in [1.54, 1.807) is 0 Å². The van der Waals surface area contributed by atoms with Gasteiger partial charge in [-0.05, 0) is 27.7 Å². The summed E-state index contributed by atoms with van der Waals surface area (Å²) in [6, 6.07) is 0. The molecular formula is C10H20N2O4S2. The molecule has 18 heavy (non-hydrogen) atoms. The second kappa shape index (κ2) is 6.98. The maximum absolute atomic E-state index is 10.4. The summed E-state index contributed by atoms with van der Waals surface area (Å²) in [7, 11) is 3.07. The van der Waals surface area contributed by atoms with Gasteiger partial charge in [0.2, 0.25) is 0 Å². The monoisotopic (exact) mass is 296 g/mol. The van der Waals surface area contributed by atoms with E-state index < -0.39 is 12.2 Å². The van der Waals surface area contributed by atoms with Crippen LogP contribution in [-0.4, -0.2) is 45.0 Å². The van der Waals surface area contributed by atoms with Crippen LogP contribution in [0.1, 0.15) is 27.7 Å². The van der Waals surface area contributed by atoms with Gasteiger partial charge in [0.25, 0.3) is 0 Å². The van der Waals surface area contributed by atoms with E-state index in [0.29, 0.717) is 13.1 Å². The molecule has 0 rings (SSSR count). The van der Waals surface area contributed by atoms with E-state index in [0.717, 1.165) is 0 Å². The highest BCUT2D eigenvalue weighted by Gasteiger charge is 2.26. The Labute approximate surface area is 115 Å². The number of carbonyl (C=O) groups is 2. The van der Waals surface area contributed by atoms with Gasteiger partial charge in [-0.2, -0.15) is 0 Å². The van der Waals surface area contributed by atoms with Gasteiger partial charge in [0.1, 0.15) is 0 Å². The fraction of sp³-hybridized carbons (Fsp3) is 0.800. The summed E-state index contributed by atoms with van der Waals surface area (Å²) in [5, 5.41) is 21.8. The molecule has 0 unspecified atom stereocenters. The predicted octanol–water partition coefficient (Wildman–Crippen LogP) is 2.46. The Balaban J connectivity index is 4.11. The standard InChI is InChI=1S/C10H20N2O4S2/c1-9(2,5-11-7(13)14)17-18-10(3,4)6-12-8(15)16/h11-12H,5-6H2,1-4H3,(H,13,14)(H,15,16). The molecule has 0 aliphatic heterocycles. The summed E-state index contributed by atoms with van der Waals surface area (Å²) in [4.78, 5) is 20.8. The molecular weight excluding hydrogens is 276 g/mol. The Morgan fingerprint density at radius 3 is 1.39 bits per heavy atom. The molecule has 0 atom stereocenters. The van der Waals surface area contributed by atoms with Crippen LogP contribution in [0.25, 0.3) is 0 Å². The Morgan fingerprint density at radius 2 is 1.17 bits per heavy atom. The van der Waals surface area contributed by atoms with E-state index >= 15 is 0 Å². The minimum atomic E-state index is -1.04. The first-order valence-corrected chi connectivity index (χ1v) is 7.49. The van der Waals surface area contributed by atoms with Gasteiger partial charge >= 0.3 is 12.2 Å². The largest absolute Gasteiger partial charge is 0.465 e. The van der Waals surface area contributed by atoms with Crippen molar-refractivity contribution < 1.29 is 19.8 Å². The van der Waals surface area contributed by atoms with Gasteiger partial charge in [-0.3, -0.25) is 0 Å². The molecule has 2 amide bonds. The van der Waals surface area contributed by atoms with Crippen molar-refractivity contribution in [2.75, 3.05) is 13.1 Å². The highest BCUT2D eigenvalue weighted by molar-refractivity contribution is 8.77. The van der Waals surface area contributed by atoms with Crippen molar-refractivity contribution in [3.8, 4) is 0 Å². The lowest BCUT2D eigenvalue weighted by atomic mass is 10.2. The van der Waals surface area contributed by atoms with E-state index in [1.807, 2.05) is 27.7 Å². The molecule has 106 valence electrons. The van der Waals surface area contributed by atoms with Gasteiger partial charge in [-0.1, -0.05) is 21.6 Å². The Bertz CT molecular complexity index is 278. The zero-order valence-electron chi connectivity index (χ0n) is 10.9. The van der Waals surface area contributed by atoms with Crippen molar-refractivity contribution >= 4 is 33.8 Å². The molecule has 0 aliphatic carbocycles. The zero-order valence-corrected chi connectivity index (χ0v) is 12.6. The molecule has 0 fully saturated rings. The summed E-state index contributed by atoms with van der Waals surface area (Å²) in [5.41, 5.74) is 0. The lowest BCUT2D eigenvalue weighted by molar-refractivity contribution is 0.192. The highest BCUT2D eigenvalue weighted by atomic mass is 33.1. The predicted molar refractivity (Wildman–Crippen MR) is 75.4 cm³/mol. The van der Waals surface area contributed by atoms with Crippen molar-refractivity contribution in [2.24, 2.45) is 0 Å². The number of rotatable bonds is 7. The molecule has 0 bridgehead atoms. The van der Waals surface area contributed by atoms with Crippen LogP contribution in [-0.2, 0) is 0 Å². The van der Waals surface area contributed by atoms with Crippen LogP contribution in [0.2, 0.25) is 0 Å². The molecule has 0 aromatic heterocycles. The Morgan fingerprint density at radius 1 is 0.889 bits per heavy atom. The summed E-state index contributed by atoms with van der Waals surface area (Å²) in [6.45, 7) is 8.40. The quantitative estimate of drug-likeness (QED) is 0.539. The average molecular weight is 296 g/mol. The number of hydrogen-bond donors (Lipinski definition) is 4. The van der Waals surface area contributed by atoms with Gasteiger partial charge < -0.3 is 20.8 Å². The summed E-state index contributed by atoms with van der Waals surface area (Å²) in [5.74, 6) is 0. The van der Waals surface area contributed by atoms with E-state index in [-0.39, 0.29) is 9.49 Å². The van der Waals surface area contributed by atoms with Crippen molar-refractivity contribution in [1.29, 1.82) is 0 Å². The molecule has 0 aromatic carbocycles. The second-order valence-corrected chi connectivity index (χ2v) is 8.55. The van der Waals surface area contributed by atoms with Crippen LogP contribution in [0.4, 0.5) is 9.59 Å². The Hall–Kier alpha value is -0.760. The van der Waals surface area contributed by atoms with Crippen molar-refractivity contribution in [2.45, 2.75) is 37.2 Å². The van der Waals surface area contributed by atoms with E-state index in [1.165, 1.54) is 21.6 Å². The van der Waals surface area contributed by atoms with Gasteiger partial charge in [-0.25, -0.2) is 9.59 Å². The third kappa shape index (κ3) is 9.29. The number of nitrogens with one attached hydrogen (secondary N) is 2. The molecule has 8 heteroatoms. The van der Waals surface area contributed by atoms with Gasteiger partial charge in [0, 0.05) is 22.6 Å². The SMILES string of the molecule is CC(C)(CNC(=O)O)SSC(C)(C)CNC(=O)O. The smallest absolute Gasteiger partial charge is 0.404 e. The van der Waals surface area contributed by atoms with Crippen molar-refractivity contribution in [1.82, 2.24) is 10.6 Å². The zero-order chi connectivity index (χ0) is 14.4. The van der Waals surface area contributed by atoms with Crippen LogP contribution in [0.15, 0.2) is 0 Å². The molecule has 0 saturated carbocycles. The molecule has 0 saturated heterocycles. The van der Waals surface area contributed by atoms with Gasteiger partial charge in [-0.15, -0.1) is 0 Å². The molecule has 4 N–H and O–H groups in total. The van der Waals surface area contributed by atoms with Gasteiger partial charge in [0.05, 0.1) is 0 Å². The molecule has 0 heterocycles. The van der Waals surface area contributed by atoms with Gasteiger partial charge in [0.15, 0.2) is 0 Å². The summed E-state index contributed by atoms with van der Waals surface area (Å²) in [6.07, 6.45) is -2.08. The molecule has 0 aliphatic rings. The average Bonchev–Trinajstić information content (AvgIpc) is 2.22. The molecule has 0 radical (unpaired) electrons. The normalized spacial score (nSPS) is 12.0. The highest BCUT2D eigenvalue weighted by Crippen LogP contribution is 2.42. The molecule has 0 aromatic rings. The number of hydrogen-bond acceptors (Lipinski definition) is 4. The van der Waals surface area contributed by atoms with Crippen LogP contribution in [0.5, 0.6) is 0 Å². The topological polar surface area (TPSA) is 98.7 Å². The van der Waals surface area contributed by atoms with E-state index in [9.17, 15) is 9.59 Å². The first kappa shape index (κ1) is 17.2.